The van der Waals surface area contributed by atoms with Crippen LogP contribution in [0.5, 0.6) is 11.5 Å². The molecule has 250 valence electrons. The molecule has 2 aliphatic rings. The number of benzene rings is 2. The summed E-state index contributed by atoms with van der Waals surface area (Å²) in [6.07, 6.45) is 6.81. The number of ether oxygens (including phenoxy) is 4. The first-order chi connectivity index (χ1) is 22.7. The van der Waals surface area contributed by atoms with Gasteiger partial charge in [0.25, 0.3) is 0 Å². The Morgan fingerprint density at radius 3 is 1.96 bits per heavy atom. The van der Waals surface area contributed by atoms with Crippen molar-refractivity contribution in [3.8, 4) is 11.5 Å². The zero-order valence-corrected chi connectivity index (χ0v) is 31.3. The summed E-state index contributed by atoms with van der Waals surface area (Å²) in [5, 5.41) is 4.02. The summed E-state index contributed by atoms with van der Waals surface area (Å²) < 4.78 is 25.3. The van der Waals surface area contributed by atoms with Gasteiger partial charge in [-0.05, 0) is 81.6 Å². The highest BCUT2D eigenvalue weighted by Crippen LogP contribution is 2.37. The lowest BCUT2D eigenvalue weighted by atomic mass is 10.1. The van der Waals surface area contributed by atoms with Crippen molar-refractivity contribution in [3.05, 3.63) is 66.0 Å². The molecule has 0 unspecified atom stereocenters. The molecule has 0 bridgehead atoms. The van der Waals surface area contributed by atoms with Gasteiger partial charge in [-0.2, -0.15) is 9.97 Å². The van der Waals surface area contributed by atoms with Gasteiger partial charge in [0.05, 0.1) is 50.2 Å². The topological polar surface area (TPSA) is 156 Å². The lowest BCUT2D eigenvalue weighted by Crippen LogP contribution is -2.26. The lowest BCUT2D eigenvalue weighted by Gasteiger charge is -2.27. The van der Waals surface area contributed by atoms with Crippen LogP contribution < -0.4 is 31.2 Å². The molecule has 0 aliphatic carbocycles. The van der Waals surface area contributed by atoms with Crippen LogP contribution in [0.15, 0.2) is 48.8 Å². The summed E-state index contributed by atoms with van der Waals surface area (Å²) in [7, 11) is 1.88. The van der Waals surface area contributed by atoms with E-state index in [1.807, 2.05) is 48.3 Å². The van der Waals surface area contributed by atoms with E-state index in [4.69, 9.17) is 53.6 Å². The van der Waals surface area contributed by atoms with Gasteiger partial charge in [0.15, 0.2) is 11.6 Å². The number of nitrogens with two attached hydrogens (primary N) is 2. The van der Waals surface area contributed by atoms with Crippen molar-refractivity contribution in [1.29, 1.82) is 0 Å². The fourth-order valence-electron chi connectivity index (χ4n) is 4.82. The predicted molar refractivity (Wildman–Crippen MR) is 202 cm³/mol. The number of nitrogens with zero attached hydrogens (tertiary/aromatic N) is 5. The molecule has 2 fully saturated rings. The number of halogens is 4. The molecule has 16 heteroatoms. The van der Waals surface area contributed by atoms with Crippen LogP contribution in [-0.2, 0) is 9.47 Å². The Morgan fingerprint density at radius 1 is 0.787 bits per heavy atom. The zero-order chi connectivity index (χ0) is 33.3. The largest absolute Gasteiger partial charge is 0.488 e. The van der Waals surface area contributed by atoms with Gasteiger partial charge in [-0.25, -0.2) is 9.97 Å². The average Bonchev–Trinajstić information content (AvgIpc) is 3.07. The number of rotatable bonds is 8. The molecular weight excluding hydrogens is 873 g/mol. The van der Waals surface area contributed by atoms with Crippen LogP contribution in [0.4, 0.5) is 34.9 Å². The molecule has 2 saturated heterocycles. The van der Waals surface area contributed by atoms with Crippen molar-refractivity contribution in [3.63, 3.8) is 0 Å². The third kappa shape index (κ3) is 10.2. The molecule has 2 aliphatic heterocycles. The molecule has 5 N–H and O–H groups in total. The molecule has 6 rings (SSSR count). The summed E-state index contributed by atoms with van der Waals surface area (Å²) in [5.41, 5.74) is 13.0. The highest BCUT2D eigenvalue weighted by molar-refractivity contribution is 14.1. The second-order valence-corrected chi connectivity index (χ2v) is 13.9. The Morgan fingerprint density at radius 2 is 1.32 bits per heavy atom. The summed E-state index contributed by atoms with van der Waals surface area (Å²) in [6.45, 7) is 2.92. The molecule has 12 nitrogen and oxygen atoms in total. The third-order valence-electron chi connectivity index (χ3n) is 7.23. The van der Waals surface area contributed by atoms with Gasteiger partial charge in [0, 0.05) is 39.9 Å². The van der Waals surface area contributed by atoms with Crippen LogP contribution >= 0.6 is 68.4 Å². The number of anilines is 6. The minimum Gasteiger partial charge on any atom is -0.488 e. The van der Waals surface area contributed by atoms with E-state index in [0.717, 1.165) is 82.1 Å². The second kappa shape index (κ2) is 17.1. The van der Waals surface area contributed by atoms with Crippen LogP contribution in [0.3, 0.4) is 0 Å². The molecule has 4 aromatic rings. The Labute approximate surface area is 310 Å². The van der Waals surface area contributed by atoms with Gasteiger partial charge in [0.2, 0.25) is 11.9 Å². The average molecular weight is 907 g/mol. The first-order valence-electron chi connectivity index (χ1n) is 14.8. The Balaban J connectivity index is 0.000000185. The number of aromatic nitrogens is 4. The Bertz CT molecular complexity index is 1660. The van der Waals surface area contributed by atoms with Crippen LogP contribution in [-0.4, -0.2) is 65.6 Å². The summed E-state index contributed by atoms with van der Waals surface area (Å²) in [4.78, 5) is 18.0. The van der Waals surface area contributed by atoms with Crippen molar-refractivity contribution in [2.45, 2.75) is 37.9 Å². The van der Waals surface area contributed by atoms with E-state index in [2.05, 4.69) is 70.4 Å². The van der Waals surface area contributed by atoms with Gasteiger partial charge in [0.1, 0.15) is 33.8 Å². The first-order valence-corrected chi connectivity index (χ1v) is 17.7. The van der Waals surface area contributed by atoms with E-state index in [1.54, 1.807) is 0 Å². The number of hydrogen-bond acceptors (Lipinski definition) is 12. The molecule has 4 heterocycles. The SMILES string of the molecule is CN(c1cc(I)ccc1OC1CCOCC1)c1nc(N)ncc1Cl.Nc1ncc(Cl)c(Nc2cc(I)ccc2OC2CCOCC2)n1. The highest BCUT2D eigenvalue weighted by atomic mass is 127. The fourth-order valence-corrected chi connectivity index (χ4v) is 6.14. The molecule has 0 spiro atoms. The number of nitrogens with one attached hydrogen (secondary N) is 1. The van der Waals surface area contributed by atoms with E-state index < -0.39 is 0 Å². The Hall–Kier alpha value is -2.64. The maximum Gasteiger partial charge on any atom is 0.222 e. The minimum atomic E-state index is 0.148. The summed E-state index contributed by atoms with van der Waals surface area (Å²) in [5.74, 6) is 2.89. The van der Waals surface area contributed by atoms with Gasteiger partial charge in [-0.3, -0.25) is 0 Å². The van der Waals surface area contributed by atoms with Gasteiger partial charge in [-0.1, -0.05) is 23.2 Å². The molecule has 0 atom stereocenters. The molecular formula is C31H34Cl2I2N8O4. The molecule has 0 amide bonds. The monoisotopic (exact) mass is 906 g/mol. The highest BCUT2D eigenvalue weighted by Gasteiger charge is 2.21. The molecule has 2 aromatic carbocycles. The Kier molecular flexibility index (Phi) is 13.0. The van der Waals surface area contributed by atoms with Crippen LogP contribution in [0, 0.1) is 7.14 Å². The van der Waals surface area contributed by atoms with Crippen molar-refractivity contribution < 1.29 is 18.9 Å². The van der Waals surface area contributed by atoms with E-state index in [1.165, 1.54) is 12.4 Å². The van der Waals surface area contributed by atoms with Crippen LogP contribution in [0.2, 0.25) is 10.0 Å². The van der Waals surface area contributed by atoms with Gasteiger partial charge in [-0.15, -0.1) is 0 Å². The van der Waals surface area contributed by atoms with Gasteiger partial charge < -0.3 is 40.6 Å². The normalized spacial score (nSPS) is 15.3. The van der Waals surface area contributed by atoms with Crippen molar-refractivity contribution in [1.82, 2.24) is 19.9 Å². The molecule has 2 aromatic heterocycles. The molecule has 0 saturated carbocycles. The minimum absolute atomic E-state index is 0.148. The third-order valence-corrected chi connectivity index (χ3v) is 9.11. The van der Waals surface area contributed by atoms with Crippen molar-refractivity contribution in [2.75, 3.05) is 55.2 Å². The van der Waals surface area contributed by atoms with E-state index in [9.17, 15) is 0 Å². The summed E-state index contributed by atoms with van der Waals surface area (Å²) in [6, 6.07) is 11.9. The quantitative estimate of drug-likeness (QED) is 0.153. The van der Waals surface area contributed by atoms with E-state index >= 15 is 0 Å². The second-order valence-electron chi connectivity index (χ2n) is 10.6. The number of hydrogen-bond donors (Lipinski definition) is 3. The van der Waals surface area contributed by atoms with Crippen molar-refractivity contribution in [2.24, 2.45) is 0 Å². The lowest BCUT2D eigenvalue weighted by molar-refractivity contribution is 0.0256. The standard InChI is InChI=1S/C16H18ClIN4O2.C15H16ClIN4O2/c1-22(15-12(17)9-20-16(19)21-15)13-8-10(18)2-3-14(13)24-11-4-6-23-7-5-11;16-11-8-19-15(18)21-14(11)20-12-7-9(17)1-2-13(12)23-10-3-5-22-6-4-10/h2-3,8-9,11H,4-7H2,1H3,(H2,19,20,21);1-2,7-8,10H,3-6H2,(H3,18,19,20,21). The smallest absolute Gasteiger partial charge is 0.222 e. The first kappa shape index (κ1) is 35.7. The van der Waals surface area contributed by atoms with Gasteiger partial charge >= 0.3 is 0 Å². The summed E-state index contributed by atoms with van der Waals surface area (Å²) >= 11 is 16.9. The van der Waals surface area contributed by atoms with E-state index in [-0.39, 0.29) is 24.1 Å². The van der Waals surface area contributed by atoms with Crippen molar-refractivity contribution >= 4 is 103 Å². The maximum atomic E-state index is 6.24. The fraction of sp³-hybridized carbons (Fsp3) is 0.355. The molecule has 0 radical (unpaired) electrons. The van der Waals surface area contributed by atoms with Crippen LogP contribution in [0.25, 0.3) is 0 Å². The molecule has 47 heavy (non-hydrogen) atoms. The predicted octanol–water partition coefficient (Wildman–Crippen LogP) is 7.26. The zero-order valence-electron chi connectivity index (χ0n) is 25.5. The number of nitrogen functional groups attached to an aromatic ring is 2. The maximum absolute atomic E-state index is 6.24. The van der Waals surface area contributed by atoms with E-state index in [0.29, 0.717) is 21.7 Å². The van der Waals surface area contributed by atoms with Crippen LogP contribution in [0.1, 0.15) is 25.7 Å².